The van der Waals surface area contributed by atoms with E-state index in [-0.39, 0.29) is 28.8 Å². The molecule has 2 N–H and O–H groups in total. The van der Waals surface area contributed by atoms with Gasteiger partial charge in [-0.15, -0.1) is 0 Å². The number of allylic oxidation sites excluding steroid dienone is 3. The lowest BCUT2D eigenvalue weighted by molar-refractivity contribution is -0.384. The molecule has 0 spiro atoms. The summed E-state index contributed by atoms with van der Waals surface area (Å²) in [6.45, 7) is 1.83. The number of hydrogen-bond donors (Lipinski definition) is 1. The highest BCUT2D eigenvalue weighted by atomic mass is 79.9. The molecule has 3 aromatic carbocycles. The van der Waals surface area contributed by atoms with Crippen molar-refractivity contribution in [2.75, 3.05) is 4.90 Å². The van der Waals surface area contributed by atoms with E-state index in [0.717, 1.165) is 21.2 Å². The zero-order valence-electron chi connectivity index (χ0n) is 20.0. The zero-order valence-corrected chi connectivity index (χ0v) is 21.6. The van der Waals surface area contributed by atoms with Gasteiger partial charge >= 0.3 is 0 Å². The Hall–Kier alpha value is -4.22. The third-order valence-electron chi connectivity index (χ3n) is 7.09. The third-order valence-corrected chi connectivity index (χ3v) is 7.61. The average Bonchev–Trinajstić information content (AvgIpc) is 2.89. The van der Waals surface area contributed by atoms with Gasteiger partial charge in [-0.3, -0.25) is 19.8 Å². The predicted octanol–water partition coefficient (Wildman–Crippen LogP) is 6.36. The van der Waals surface area contributed by atoms with Crippen molar-refractivity contribution >= 4 is 33.1 Å². The molecule has 184 valence electrons. The maximum absolute atomic E-state index is 13.9. The summed E-state index contributed by atoms with van der Waals surface area (Å²) in [7, 11) is 0. The fraction of sp³-hybridized carbons (Fsp3) is 0.172. The van der Waals surface area contributed by atoms with Crippen molar-refractivity contribution in [2.45, 2.75) is 31.6 Å². The van der Waals surface area contributed by atoms with Crippen LogP contribution in [0, 0.1) is 28.4 Å². The van der Waals surface area contributed by atoms with E-state index in [1.165, 1.54) is 12.1 Å². The number of ketones is 1. The second kappa shape index (κ2) is 9.68. The van der Waals surface area contributed by atoms with Crippen molar-refractivity contribution in [3.8, 4) is 6.07 Å². The van der Waals surface area contributed by atoms with E-state index in [2.05, 4.69) is 22.0 Å². The number of aryl methyl sites for hydroxylation is 1. The van der Waals surface area contributed by atoms with Crippen molar-refractivity contribution in [1.82, 2.24) is 0 Å². The Balaban J connectivity index is 1.76. The minimum Gasteiger partial charge on any atom is -0.384 e. The Morgan fingerprint density at radius 2 is 1.76 bits per heavy atom. The van der Waals surface area contributed by atoms with Gasteiger partial charge in [0.1, 0.15) is 5.82 Å². The van der Waals surface area contributed by atoms with E-state index in [1.54, 1.807) is 11.0 Å². The SMILES string of the molecule is Cc1ccc([N+](=O)[O-])cc1N1C(N)=C(C#N)[C@H](c2ccc(Br)cc2)C2=C1C[C@H](c1ccccc1)CC2=O. The Morgan fingerprint density at radius 3 is 2.41 bits per heavy atom. The standard InChI is InChI=1S/C29H23BrN4O3/c1-17-7-12-22(34(36)37)15-24(17)33-25-13-20(18-5-3-2-4-6-18)14-26(35)28(25)27(23(16-31)29(33)32)19-8-10-21(30)11-9-19/h2-12,15,20,27H,13-14,32H2,1H3/t20-,27-/m0/s1. The Kier molecular flexibility index (Phi) is 6.40. The van der Waals surface area contributed by atoms with Crippen LogP contribution in [0.2, 0.25) is 0 Å². The summed E-state index contributed by atoms with van der Waals surface area (Å²) in [6.07, 6.45) is 0.801. The Morgan fingerprint density at radius 1 is 1.05 bits per heavy atom. The summed E-state index contributed by atoms with van der Waals surface area (Å²) in [4.78, 5) is 26.7. The van der Waals surface area contributed by atoms with Gasteiger partial charge in [-0.25, -0.2) is 0 Å². The molecule has 8 heteroatoms. The van der Waals surface area contributed by atoms with E-state index >= 15 is 0 Å². The summed E-state index contributed by atoms with van der Waals surface area (Å²) in [5.41, 5.74) is 11.1. The first-order chi connectivity index (χ1) is 17.8. The average molecular weight is 555 g/mol. The first-order valence-electron chi connectivity index (χ1n) is 11.8. The number of carbonyl (C=O) groups is 1. The second-order valence-electron chi connectivity index (χ2n) is 9.26. The molecule has 0 radical (unpaired) electrons. The number of nitriles is 1. The molecule has 0 saturated heterocycles. The second-order valence-corrected chi connectivity index (χ2v) is 10.2. The molecule has 1 aliphatic heterocycles. The van der Waals surface area contributed by atoms with Gasteiger partial charge in [0.2, 0.25) is 0 Å². The van der Waals surface area contributed by atoms with Crippen LogP contribution < -0.4 is 10.6 Å². The van der Waals surface area contributed by atoms with Gasteiger partial charge in [0.05, 0.1) is 28.2 Å². The van der Waals surface area contributed by atoms with Crippen molar-refractivity contribution < 1.29 is 9.72 Å². The fourth-order valence-electron chi connectivity index (χ4n) is 5.31. The molecular weight excluding hydrogens is 532 g/mol. The summed E-state index contributed by atoms with van der Waals surface area (Å²) in [5.74, 6) is -0.584. The zero-order chi connectivity index (χ0) is 26.3. The van der Waals surface area contributed by atoms with Crippen molar-refractivity contribution in [3.05, 3.63) is 127 Å². The van der Waals surface area contributed by atoms with Crippen molar-refractivity contribution in [3.63, 3.8) is 0 Å². The highest BCUT2D eigenvalue weighted by molar-refractivity contribution is 9.10. The molecular formula is C29H23BrN4O3. The van der Waals surface area contributed by atoms with Gasteiger partial charge in [0.25, 0.3) is 5.69 Å². The molecule has 5 rings (SSSR count). The number of hydrogen-bond acceptors (Lipinski definition) is 6. The summed E-state index contributed by atoms with van der Waals surface area (Å²) >= 11 is 3.45. The first-order valence-corrected chi connectivity index (χ1v) is 12.6. The number of benzene rings is 3. The topological polar surface area (TPSA) is 113 Å². The summed E-state index contributed by atoms with van der Waals surface area (Å²) < 4.78 is 0.879. The predicted molar refractivity (Wildman–Crippen MR) is 144 cm³/mol. The molecule has 2 atom stereocenters. The smallest absolute Gasteiger partial charge is 0.271 e. The lowest BCUT2D eigenvalue weighted by Gasteiger charge is -2.42. The maximum atomic E-state index is 13.9. The number of non-ortho nitro benzene ring substituents is 1. The van der Waals surface area contributed by atoms with Gasteiger partial charge in [-0.05, 0) is 48.1 Å². The molecule has 1 aliphatic carbocycles. The van der Waals surface area contributed by atoms with Crippen LogP contribution in [0.1, 0.15) is 41.4 Å². The quantitative estimate of drug-likeness (QED) is 0.296. The number of Topliss-reactive ketones (excluding diaryl/α,β-unsaturated/α-hetero) is 1. The largest absolute Gasteiger partial charge is 0.384 e. The van der Waals surface area contributed by atoms with Gasteiger partial charge in [0.15, 0.2) is 5.78 Å². The van der Waals surface area contributed by atoms with E-state index in [0.29, 0.717) is 29.8 Å². The minimum absolute atomic E-state index is 0.0589. The molecule has 3 aromatic rings. The highest BCUT2D eigenvalue weighted by Crippen LogP contribution is 2.50. The van der Waals surface area contributed by atoms with Crippen LogP contribution in [0.15, 0.2) is 99.9 Å². The number of carbonyl (C=O) groups excluding carboxylic acids is 1. The van der Waals surface area contributed by atoms with E-state index < -0.39 is 10.8 Å². The fourth-order valence-corrected chi connectivity index (χ4v) is 5.57. The third kappa shape index (κ3) is 4.32. The number of halogens is 1. The van der Waals surface area contributed by atoms with E-state index in [1.807, 2.05) is 61.5 Å². The van der Waals surface area contributed by atoms with Gasteiger partial charge < -0.3 is 5.73 Å². The van der Waals surface area contributed by atoms with Crippen molar-refractivity contribution in [2.24, 2.45) is 5.73 Å². The number of nitrogens with zero attached hydrogens (tertiary/aromatic N) is 3. The molecule has 0 saturated carbocycles. The molecule has 37 heavy (non-hydrogen) atoms. The molecule has 0 amide bonds. The number of anilines is 1. The monoisotopic (exact) mass is 554 g/mol. The van der Waals surface area contributed by atoms with Gasteiger partial charge in [-0.1, -0.05) is 64.5 Å². The van der Waals surface area contributed by atoms with Crippen LogP contribution in [-0.2, 0) is 4.79 Å². The normalized spacial score (nSPS) is 19.5. The Labute approximate surface area is 222 Å². The summed E-state index contributed by atoms with van der Waals surface area (Å²) in [6, 6.07) is 24.1. The molecule has 7 nitrogen and oxygen atoms in total. The van der Waals surface area contributed by atoms with Crippen LogP contribution in [-0.4, -0.2) is 10.7 Å². The van der Waals surface area contributed by atoms with Crippen LogP contribution in [0.25, 0.3) is 0 Å². The maximum Gasteiger partial charge on any atom is 0.271 e. The molecule has 2 aliphatic rings. The van der Waals surface area contributed by atoms with Gasteiger partial charge in [-0.2, -0.15) is 5.26 Å². The number of nitro benzene ring substituents is 1. The molecule has 0 aromatic heterocycles. The van der Waals surface area contributed by atoms with Crippen LogP contribution in [0.5, 0.6) is 0 Å². The highest BCUT2D eigenvalue weighted by Gasteiger charge is 2.43. The lowest BCUT2D eigenvalue weighted by Crippen LogP contribution is -2.40. The first kappa shape index (κ1) is 24.5. The van der Waals surface area contributed by atoms with Crippen LogP contribution in [0.3, 0.4) is 0 Å². The Bertz CT molecular complexity index is 1520. The molecule has 0 unspecified atom stereocenters. The lowest BCUT2D eigenvalue weighted by atomic mass is 9.72. The number of nitro groups is 1. The molecule has 0 fully saturated rings. The summed E-state index contributed by atoms with van der Waals surface area (Å²) in [5, 5.41) is 21.9. The van der Waals surface area contributed by atoms with E-state index in [4.69, 9.17) is 5.73 Å². The number of nitrogens with two attached hydrogens (primary N) is 1. The molecule has 1 heterocycles. The molecule has 0 bridgehead atoms. The van der Waals surface area contributed by atoms with Crippen LogP contribution >= 0.6 is 15.9 Å². The van der Waals surface area contributed by atoms with Gasteiger partial charge in [0, 0.05) is 34.3 Å². The number of rotatable bonds is 4. The van der Waals surface area contributed by atoms with E-state index in [9.17, 15) is 20.2 Å². The van der Waals surface area contributed by atoms with Crippen LogP contribution in [0.4, 0.5) is 11.4 Å². The minimum atomic E-state index is -0.618. The van der Waals surface area contributed by atoms with Crippen molar-refractivity contribution in [1.29, 1.82) is 5.26 Å².